The van der Waals surface area contributed by atoms with E-state index in [4.69, 9.17) is 0 Å². The number of alkyl halides is 3. The number of nitrogens with zero attached hydrogens (tertiary/aromatic N) is 2. The highest BCUT2D eigenvalue weighted by atomic mass is 19.4. The van der Waals surface area contributed by atoms with Crippen molar-refractivity contribution in [3.8, 4) is 11.8 Å². The number of hydrogen-bond acceptors (Lipinski definition) is 2. The Hall–Kier alpha value is -3.53. The first-order chi connectivity index (χ1) is 13.8. The van der Waals surface area contributed by atoms with Crippen LogP contribution in [0.25, 0.3) is 5.69 Å². The molecule has 0 saturated carbocycles. The Kier molecular flexibility index (Phi) is 5.74. The second-order valence-corrected chi connectivity index (χ2v) is 6.46. The van der Waals surface area contributed by atoms with Crippen LogP contribution in [-0.2, 0) is 19.1 Å². The van der Waals surface area contributed by atoms with Gasteiger partial charge in [-0.25, -0.2) is 0 Å². The molecule has 0 spiro atoms. The normalized spacial score (nSPS) is 11.1. The van der Waals surface area contributed by atoms with E-state index >= 15 is 0 Å². The molecule has 0 aliphatic carbocycles. The van der Waals surface area contributed by atoms with E-state index < -0.39 is 17.6 Å². The van der Waals surface area contributed by atoms with Gasteiger partial charge in [0, 0.05) is 18.4 Å². The molecule has 0 atom stereocenters. The van der Waals surface area contributed by atoms with Gasteiger partial charge in [-0.2, -0.15) is 18.4 Å². The van der Waals surface area contributed by atoms with E-state index in [0.717, 1.165) is 24.1 Å². The molecule has 1 N–H and O–H groups in total. The number of carbonyl (C=O) groups excluding carboxylic acids is 1. The van der Waals surface area contributed by atoms with Crippen LogP contribution in [0.15, 0.2) is 60.8 Å². The Morgan fingerprint density at radius 1 is 1.10 bits per heavy atom. The van der Waals surface area contributed by atoms with Crippen molar-refractivity contribution in [2.45, 2.75) is 26.1 Å². The summed E-state index contributed by atoms with van der Waals surface area (Å²) < 4.78 is 40.2. The number of aryl methyl sites for hydroxylation is 1. The van der Waals surface area contributed by atoms with Gasteiger partial charge in [-0.1, -0.05) is 31.2 Å². The molecule has 2 aromatic carbocycles. The summed E-state index contributed by atoms with van der Waals surface area (Å²) in [7, 11) is 0. The van der Waals surface area contributed by atoms with E-state index in [-0.39, 0.29) is 17.8 Å². The lowest BCUT2D eigenvalue weighted by atomic mass is 10.1. The third-order valence-corrected chi connectivity index (χ3v) is 4.55. The van der Waals surface area contributed by atoms with Crippen LogP contribution in [0.1, 0.15) is 39.7 Å². The number of benzene rings is 2. The molecule has 0 bridgehead atoms. The van der Waals surface area contributed by atoms with Crippen molar-refractivity contribution in [3.63, 3.8) is 0 Å². The average molecular weight is 397 g/mol. The van der Waals surface area contributed by atoms with Crippen LogP contribution in [0.3, 0.4) is 0 Å². The lowest BCUT2D eigenvalue weighted by Gasteiger charge is -2.12. The maximum absolute atomic E-state index is 12.9. The first-order valence-electron chi connectivity index (χ1n) is 8.98. The number of nitriles is 1. The molecule has 1 aromatic heterocycles. The van der Waals surface area contributed by atoms with Crippen LogP contribution in [-0.4, -0.2) is 10.5 Å². The summed E-state index contributed by atoms with van der Waals surface area (Å²) in [4.78, 5) is 12.8. The van der Waals surface area contributed by atoms with E-state index in [1.165, 1.54) is 18.2 Å². The summed E-state index contributed by atoms with van der Waals surface area (Å²) in [6.07, 6.45) is -1.95. The predicted molar refractivity (Wildman–Crippen MR) is 102 cm³/mol. The Bertz CT molecular complexity index is 1060. The fourth-order valence-electron chi connectivity index (χ4n) is 2.99. The third kappa shape index (κ3) is 4.49. The van der Waals surface area contributed by atoms with Gasteiger partial charge < -0.3 is 9.88 Å². The van der Waals surface area contributed by atoms with Gasteiger partial charge in [0.1, 0.15) is 11.8 Å². The van der Waals surface area contributed by atoms with Crippen molar-refractivity contribution in [1.82, 2.24) is 9.88 Å². The quantitative estimate of drug-likeness (QED) is 0.668. The minimum absolute atomic E-state index is 0.0897. The van der Waals surface area contributed by atoms with Gasteiger partial charge in [0.25, 0.3) is 5.91 Å². The van der Waals surface area contributed by atoms with E-state index in [0.29, 0.717) is 11.3 Å². The van der Waals surface area contributed by atoms with Crippen molar-refractivity contribution in [2.24, 2.45) is 0 Å². The summed E-state index contributed by atoms with van der Waals surface area (Å²) in [6.45, 7) is 1.94. The minimum atomic E-state index is -4.45. The Morgan fingerprint density at radius 3 is 2.45 bits per heavy atom. The van der Waals surface area contributed by atoms with Crippen LogP contribution >= 0.6 is 0 Å². The number of hydrogen-bond donors (Lipinski definition) is 1. The van der Waals surface area contributed by atoms with Crippen molar-refractivity contribution in [3.05, 3.63) is 88.7 Å². The first kappa shape index (κ1) is 20.2. The zero-order chi connectivity index (χ0) is 21.0. The number of halogens is 3. The smallest absolute Gasteiger partial charge is 0.347 e. The zero-order valence-corrected chi connectivity index (χ0v) is 15.6. The molecule has 29 heavy (non-hydrogen) atoms. The van der Waals surface area contributed by atoms with Crippen LogP contribution in [0, 0.1) is 11.3 Å². The fourth-order valence-corrected chi connectivity index (χ4v) is 2.99. The van der Waals surface area contributed by atoms with Gasteiger partial charge in [0.05, 0.1) is 11.1 Å². The molecular formula is C22H18F3N3O. The highest BCUT2D eigenvalue weighted by Gasteiger charge is 2.30. The number of rotatable bonds is 5. The monoisotopic (exact) mass is 397 g/mol. The van der Waals surface area contributed by atoms with Crippen LogP contribution < -0.4 is 5.32 Å². The van der Waals surface area contributed by atoms with Crippen LogP contribution in [0.2, 0.25) is 0 Å². The first-order valence-corrected chi connectivity index (χ1v) is 8.98. The molecule has 0 saturated heterocycles. The molecule has 0 aliphatic heterocycles. The van der Waals surface area contributed by atoms with Crippen LogP contribution in [0.4, 0.5) is 13.2 Å². The minimum Gasteiger partial charge on any atom is -0.347 e. The molecule has 1 amide bonds. The van der Waals surface area contributed by atoms with Gasteiger partial charge in [-0.3, -0.25) is 4.79 Å². The lowest BCUT2D eigenvalue weighted by Crippen LogP contribution is -2.26. The Morgan fingerprint density at radius 2 is 1.83 bits per heavy atom. The molecule has 0 fully saturated rings. The van der Waals surface area contributed by atoms with Gasteiger partial charge in [-0.05, 0) is 47.9 Å². The van der Waals surface area contributed by atoms with E-state index in [9.17, 15) is 23.2 Å². The Balaban J connectivity index is 1.84. The van der Waals surface area contributed by atoms with Crippen molar-refractivity contribution >= 4 is 5.91 Å². The summed E-state index contributed by atoms with van der Waals surface area (Å²) in [5.74, 6) is -0.538. The maximum Gasteiger partial charge on any atom is 0.416 e. The molecule has 0 unspecified atom stereocenters. The van der Waals surface area contributed by atoms with Crippen molar-refractivity contribution in [1.29, 1.82) is 5.26 Å². The second kappa shape index (κ2) is 8.23. The molecule has 3 rings (SSSR count). The van der Waals surface area contributed by atoms with Gasteiger partial charge in [-0.15, -0.1) is 0 Å². The maximum atomic E-state index is 12.9. The second-order valence-electron chi connectivity index (χ2n) is 6.46. The number of aromatic nitrogens is 1. The van der Waals surface area contributed by atoms with Gasteiger partial charge >= 0.3 is 6.18 Å². The highest BCUT2D eigenvalue weighted by Crippen LogP contribution is 2.29. The van der Waals surface area contributed by atoms with Crippen LogP contribution in [0.5, 0.6) is 0 Å². The molecule has 0 aliphatic rings. The average Bonchev–Trinajstić information content (AvgIpc) is 3.16. The largest absolute Gasteiger partial charge is 0.416 e. The fraction of sp³-hybridized carbons (Fsp3) is 0.182. The van der Waals surface area contributed by atoms with E-state index in [1.807, 2.05) is 37.3 Å². The molecule has 1 heterocycles. The summed E-state index contributed by atoms with van der Waals surface area (Å²) in [5, 5.41) is 12.0. The molecule has 148 valence electrons. The molecule has 4 nitrogen and oxygen atoms in total. The zero-order valence-electron chi connectivity index (χ0n) is 15.6. The van der Waals surface area contributed by atoms with Crippen molar-refractivity contribution in [2.75, 3.05) is 0 Å². The molecular weight excluding hydrogens is 379 g/mol. The van der Waals surface area contributed by atoms with Gasteiger partial charge in [0.15, 0.2) is 0 Å². The number of nitrogens with one attached hydrogen (secondary N) is 1. The summed E-state index contributed by atoms with van der Waals surface area (Å²) in [6, 6.07) is 15.9. The standard InChI is InChI=1S/C22H18F3N3O/c1-2-15-6-8-19(9-7-15)28-11-10-17(13-26)20(28)21(29)27-14-16-4-3-5-18(12-16)22(23,24)25/h3-12H,2,14H2,1H3,(H,27,29). The topological polar surface area (TPSA) is 57.8 Å². The molecule has 0 radical (unpaired) electrons. The highest BCUT2D eigenvalue weighted by molar-refractivity contribution is 5.95. The predicted octanol–water partition coefficient (Wildman–Crippen LogP) is 4.86. The number of carbonyl (C=O) groups is 1. The van der Waals surface area contributed by atoms with E-state index in [1.54, 1.807) is 10.8 Å². The lowest BCUT2D eigenvalue weighted by molar-refractivity contribution is -0.137. The van der Waals surface area contributed by atoms with E-state index in [2.05, 4.69) is 5.32 Å². The number of amides is 1. The molecule has 7 heteroatoms. The Labute approximate surface area is 166 Å². The van der Waals surface area contributed by atoms with Crippen molar-refractivity contribution < 1.29 is 18.0 Å². The molecule has 3 aromatic rings. The summed E-state index contributed by atoms with van der Waals surface area (Å²) in [5.41, 5.74) is 1.72. The SMILES string of the molecule is CCc1ccc(-n2ccc(C#N)c2C(=O)NCc2cccc(C(F)(F)F)c2)cc1. The third-order valence-electron chi connectivity index (χ3n) is 4.55. The van der Waals surface area contributed by atoms with Gasteiger partial charge in [0.2, 0.25) is 0 Å². The summed E-state index contributed by atoms with van der Waals surface area (Å²) >= 11 is 0.